The van der Waals surface area contributed by atoms with Crippen LogP contribution >= 0.6 is 11.8 Å². The van der Waals surface area contributed by atoms with Gasteiger partial charge in [-0.1, -0.05) is 29.8 Å². The fraction of sp³-hybridized carbons (Fsp3) is 0.467. The van der Waals surface area contributed by atoms with Gasteiger partial charge in [0.2, 0.25) is 15.9 Å². The van der Waals surface area contributed by atoms with E-state index < -0.39 is 51.0 Å². The lowest BCUT2D eigenvalue weighted by Gasteiger charge is -2.24. The number of carbonyl (C=O) groups excluding carboxylic acids is 4. The normalized spacial score (nSPS) is 16.9. The average Bonchev–Trinajstić information content (AvgIpc) is 3.28. The van der Waals surface area contributed by atoms with E-state index in [1.54, 1.807) is 57.2 Å². The Morgan fingerprint density at radius 3 is 2.23 bits per heavy atom. The first-order valence-corrected chi connectivity index (χ1v) is 16.4. The Morgan fingerprint density at radius 1 is 1.07 bits per heavy atom. The van der Waals surface area contributed by atoms with Crippen molar-refractivity contribution in [1.29, 1.82) is 0 Å². The Bertz CT molecular complexity index is 1470. The standard InChI is InChI=1S/C30H40N4O8S2/c1-19-8-14-22(15-9-19)44(39,40)33-23(26(36)41-27(37)25-32-30(5,6)18-43-25)16-20-10-12-21(13-11-20)31-24(35)17-34(7)28(38)42-29(2,3)4/h8-15,23,25,32-33H,16-18H2,1-7H3,(H,31,35)/t23-,25-/m0/s1. The highest BCUT2D eigenvalue weighted by atomic mass is 32.2. The largest absolute Gasteiger partial charge is 0.444 e. The smallest absolute Gasteiger partial charge is 0.410 e. The zero-order valence-corrected chi connectivity index (χ0v) is 27.6. The summed E-state index contributed by atoms with van der Waals surface area (Å²) in [5, 5.41) is 5.00. The van der Waals surface area contributed by atoms with Gasteiger partial charge in [0, 0.05) is 24.0 Å². The van der Waals surface area contributed by atoms with Crippen molar-refractivity contribution in [3.8, 4) is 0 Å². The number of sulfonamides is 1. The summed E-state index contributed by atoms with van der Waals surface area (Å²) in [6, 6.07) is 11.0. The van der Waals surface area contributed by atoms with E-state index in [0.717, 1.165) is 10.5 Å². The van der Waals surface area contributed by atoms with Crippen molar-refractivity contribution in [2.75, 3.05) is 24.7 Å². The van der Waals surface area contributed by atoms with Crippen LogP contribution in [0.1, 0.15) is 45.7 Å². The van der Waals surface area contributed by atoms with E-state index in [0.29, 0.717) is 17.0 Å². The molecule has 3 rings (SSSR count). The number of likely N-dealkylation sites (N-methyl/N-ethyl adjacent to an activating group) is 1. The second-order valence-electron chi connectivity index (χ2n) is 12.2. The molecule has 44 heavy (non-hydrogen) atoms. The first-order chi connectivity index (χ1) is 20.3. The fourth-order valence-corrected chi connectivity index (χ4v) is 6.44. The number of carbonyl (C=O) groups is 4. The summed E-state index contributed by atoms with van der Waals surface area (Å²) in [6.45, 7) is 10.6. The lowest BCUT2D eigenvalue weighted by molar-refractivity contribution is -0.161. The predicted octanol–water partition coefficient (Wildman–Crippen LogP) is 3.20. The fourth-order valence-electron chi connectivity index (χ4n) is 4.01. The first kappa shape index (κ1) is 35.0. The third-order valence-corrected chi connectivity index (χ3v) is 9.24. The van der Waals surface area contributed by atoms with Gasteiger partial charge in [0.25, 0.3) is 0 Å². The number of aryl methyl sites for hydroxylation is 1. The summed E-state index contributed by atoms with van der Waals surface area (Å²) in [6.07, 6.45) is -0.776. The molecule has 240 valence electrons. The topological polar surface area (TPSA) is 160 Å². The lowest BCUT2D eigenvalue weighted by atomic mass is 10.1. The molecule has 0 spiro atoms. The molecule has 2 aromatic carbocycles. The molecule has 1 fully saturated rings. The number of rotatable bonds is 10. The van der Waals surface area contributed by atoms with Gasteiger partial charge in [-0.25, -0.2) is 22.8 Å². The molecule has 1 aliphatic heterocycles. The summed E-state index contributed by atoms with van der Waals surface area (Å²) in [5.74, 6) is -1.68. The second kappa shape index (κ2) is 14.1. The number of esters is 2. The van der Waals surface area contributed by atoms with Crippen molar-refractivity contribution >= 4 is 51.4 Å². The first-order valence-electron chi connectivity index (χ1n) is 13.9. The van der Waals surface area contributed by atoms with E-state index in [1.165, 1.54) is 30.9 Å². The quantitative estimate of drug-likeness (QED) is 0.258. The summed E-state index contributed by atoms with van der Waals surface area (Å²) < 4.78 is 39.1. The Balaban J connectivity index is 1.71. The molecular weight excluding hydrogens is 608 g/mol. The Kier molecular flexibility index (Phi) is 11.2. The minimum atomic E-state index is -4.15. The molecule has 0 saturated carbocycles. The number of hydrogen-bond acceptors (Lipinski definition) is 10. The molecule has 12 nitrogen and oxygen atoms in total. The van der Waals surface area contributed by atoms with Gasteiger partial charge in [-0.15, -0.1) is 11.8 Å². The van der Waals surface area contributed by atoms with Crippen molar-refractivity contribution in [2.24, 2.45) is 0 Å². The van der Waals surface area contributed by atoms with Gasteiger partial charge in [-0.2, -0.15) is 4.72 Å². The maximum atomic E-state index is 13.2. The molecule has 0 unspecified atom stereocenters. The van der Waals surface area contributed by atoms with E-state index in [2.05, 4.69) is 15.4 Å². The van der Waals surface area contributed by atoms with Crippen LogP contribution in [0, 0.1) is 6.92 Å². The molecule has 0 radical (unpaired) electrons. The second-order valence-corrected chi connectivity index (χ2v) is 15.0. The molecule has 2 atom stereocenters. The number of benzene rings is 2. The highest BCUT2D eigenvalue weighted by Crippen LogP contribution is 2.27. The number of hydrogen-bond donors (Lipinski definition) is 3. The van der Waals surface area contributed by atoms with E-state index >= 15 is 0 Å². The zero-order chi connectivity index (χ0) is 32.9. The summed E-state index contributed by atoms with van der Waals surface area (Å²) in [5.41, 5.74) is 0.778. The van der Waals surface area contributed by atoms with Crippen LogP contribution < -0.4 is 15.4 Å². The highest BCUT2D eigenvalue weighted by Gasteiger charge is 2.38. The van der Waals surface area contributed by atoms with Gasteiger partial charge in [-0.05, 0) is 77.8 Å². The highest BCUT2D eigenvalue weighted by molar-refractivity contribution is 8.00. The maximum Gasteiger partial charge on any atom is 0.410 e. The molecule has 0 aromatic heterocycles. The minimum Gasteiger partial charge on any atom is -0.444 e. The van der Waals surface area contributed by atoms with Crippen molar-refractivity contribution in [3.63, 3.8) is 0 Å². The van der Waals surface area contributed by atoms with Crippen molar-refractivity contribution in [2.45, 2.75) is 75.4 Å². The van der Waals surface area contributed by atoms with Crippen molar-refractivity contribution in [1.82, 2.24) is 14.9 Å². The van der Waals surface area contributed by atoms with Crippen LogP contribution in [-0.4, -0.2) is 79.2 Å². The van der Waals surface area contributed by atoms with Crippen LogP contribution in [0.5, 0.6) is 0 Å². The van der Waals surface area contributed by atoms with Gasteiger partial charge in [0.15, 0.2) is 5.37 Å². The van der Waals surface area contributed by atoms with E-state index in [1.807, 2.05) is 20.8 Å². The zero-order valence-electron chi connectivity index (χ0n) is 25.9. The summed E-state index contributed by atoms with van der Waals surface area (Å²) in [4.78, 5) is 51.6. The Hall–Kier alpha value is -3.46. The predicted molar refractivity (Wildman–Crippen MR) is 167 cm³/mol. The minimum absolute atomic E-state index is 0.0450. The lowest BCUT2D eigenvalue weighted by Crippen LogP contribution is -2.47. The van der Waals surface area contributed by atoms with E-state index in [-0.39, 0.29) is 23.4 Å². The Labute approximate surface area is 262 Å². The molecule has 1 saturated heterocycles. The number of anilines is 1. The summed E-state index contributed by atoms with van der Waals surface area (Å²) in [7, 11) is -2.71. The molecule has 0 aliphatic carbocycles. The number of thioether (sulfide) groups is 1. The number of ether oxygens (including phenoxy) is 2. The van der Waals surface area contributed by atoms with E-state index in [4.69, 9.17) is 9.47 Å². The maximum absolute atomic E-state index is 13.2. The molecule has 0 bridgehead atoms. The molecular formula is C30H40N4O8S2. The van der Waals surface area contributed by atoms with Crippen LogP contribution in [0.3, 0.4) is 0 Å². The molecule has 2 amide bonds. The third kappa shape index (κ3) is 10.6. The summed E-state index contributed by atoms with van der Waals surface area (Å²) >= 11 is 1.30. The van der Waals surface area contributed by atoms with Gasteiger partial charge in [-0.3, -0.25) is 10.1 Å². The van der Waals surface area contributed by atoms with Crippen LogP contribution in [0.25, 0.3) is 0 Å². The molecule has 1 aliphatic rings. The van der Waals surface area contributed by atoms with Crippen LogP contribution in [0.4, 0.5) is 10.5 Å². The van der Waals surface area contributed by atoms with E-state index in [9.17, 15) is 27.6 Å². The molecule has 1 heterocycles. The van der Waals surface area contributed by atoms with Crippen LogP contribution in [0.2, 0.25) is 0 Å². The van der Waals surface area contributed by atoms with Crippen LogP contribution in [-0.2, 0) is 40.3 Å². The SMILES string of the molecule is Cc1ccc(S(=O)(=O)N[C@@H](Cc2ccc(NC(=O)CN(C)C(=O)OC(C)(C)C)cc2)C(=O)OC(=O)[C@H]2NC(C)(C)CS2)cc1. The van der Waals surface area contributed by atoms with Gasteiger partial charge < -0.3 is 19.7 Å². The van der Waals surface area contributed by atoms with Gasteiger partial charge >= 0.3 is 18.0 Å². The molecule has 2 aromatic rings. The Morgan fingerprint density at radius 2 is 1.68 bits per heavy atom. The number of nitrogens with one attached hydrogen (secondary N) is 3. The number of amides is 2. The number of nitrogens with zero attached hydrogens (tertiary/aromatic N) is 1. The average molecular weight is 649 g/mol. The molecule has 3 N–H and O–H groups in total. The van der Waals surface area contributed by atoms with Crippen LogP contribution in [0.15, 0.2) is 53.4 Å². The van der Waals surface area contributed by atoms with Crippen molar-refractivity contribution in [3.05, 3.63) is 59.7 Å². The monoisotopic (exact) mass is 648 g/mol. The van der Waals surface area contributed by atoms with Gasteiger partial charge in [0.1, 0.15) is 18.2 Å². The third-order valence-electron chi connectivity index (χ3n) is 6.22. The van der Waals surface area contributed by atoms with Crippen molar-refractivity contribution < 1.29 is 37.1 Å². The van der Waals surface area contributed by atoms with Gasteiger partial charge in [0.05, 0.1) is 4.90 Å². The molecule has 14 heteroatoms.